The second-order valence-corrected chi connectivity index (χ2v) is 10.7. The molecular formula is C19H14BrNO2Si. The standard InChI is InChI=1S/C19H14BrNO2Si/c1-24(13-5-3-2-4-6-13)17-11-12(22)7-8-14(17)21-15-9-10-16(23)18(20)19(15)24/h2-11,23H,1H3. The molecule has 1 N–H and O–H groups in total. The number of phenolic OH excluding ortho intramolecular Hbond substituents is 1. The van der Waals surface area contributed by atoms with Gasteiger partial charge in [-0.15, -0.1) is 0 Å². The minimum atomic E-state index is -2.46. The molecule has 1 aliphatic heterocycles. The molecule has 0 amide bonds. The number of hydrogen-bond donors (Lipinski definition) is 1. The third kappa shape index (κ3) is 2.08. The molecule has 0 fully saturated rings. The molecule has 1 unspecified atom stereocenters. The first kappa shape index (κ1) is 15.3. The summed E-state index contributed by atoms with van der Waals surface area (Å²) in [5.41, 5.74) is 1.70. The van der Waals surface area contributed by atoms with E-state index < -0.39 is 8.07 Å². The summed E-state index contributed by atoms with van der Waals surface area (Å²) in [6.45, 7) is 2.21. The van der Waals surface area contributed by atoms with Gasteiger partial charge in [-0.2, -0.15) is 0 Å². The molecule has 5 heteroatoms. The van der Waals surface area contributed by atoms with Gasteiger partial charge in [-0.05, 0) is 61.9 Å². The summed E-state index contributed by atoms with van der Waals surface area (Å²) in [6.07, 6.45) is 5.07. The van der Waals surface area contributed by atoms with Crippen molar-refractivity contribution in [2.24, 2.45) is 4.99 Å². The second-order valence-electron chi connectivity index (χ2n) is 6.07. The van der Waals surface area contributed by atoms with Gasteiger partial charge >= 0.3 is 0 Å². The topological polar surface area (TPSA) is 49.7 Å². The van der Waals surface area contributed by atoms with Crippen molar-refractivity contribution in [2.75, 3.05) is 0 Å². The van der Waals surface area contributed by atoms with Crippen LogP contribution in [-0.4, -0.2) is 24.7 Å². The number of fused-ring (bicyclic) bond motifs is 2. The summed E-state index contributed by atoms with van der Waals surface area (Å²) >= 11 is 3.56. The van der Waals surface area contributed by atoms with Crippen molar-refractivity contribution in [2.45, 2.75) is 6.55 Å². The van der Waals surface area contributed by atoms with Gasteiger partial charge in [0.15, 0.2) is 13.9 Å². The summed E-state index contributed by atoms with van der Waals surface area (Å²) in [5, 5.41) is 13.4. The average molecular weight is 396 g/mol. The lowest BCUT2D eigenvalue weighted by molar-refractivity contribution is -0.110. The van der Waals surface area contributed by atoms with Crippen molar-refractivity contribution in [3.63, 3.8) is 0 Å². The molecule has 118 valence electrons. The Morgan fingerprint density at radius 1 is 1.08 bits per heavy atom. The van der Waals surface area contributed by atoms with E-state index in [2.05, 4.69) is 34.6 Å². The van der Waals surface area contributed by atoms with E-state index in [0.717, 1.165) is 21.8 Å². The maximum absolute atomic E-state index is 12.0. The molecule has 0 saturated heterocycles. The highest BCUT2D eigenvalue weighted by Crippen LogP contribution is 2.36. The quantitative estimate of drug-likeness (QED) is 0.595. The highest BCUT2D eigenvalue weighted by Gasteiger charge is 2.45. The van der Waals surface area contributed by atoms with Crippen molar-refractivity contribution >= 4 is 51.6 Å². The summed E-state index contributed by atoms with van der Waals surface area (Å²) in [5.74, 6) is 0.179. The van der Waals surface area contributed by atoms with Crippen LogP contribution in [0.3, 0.4) is 0 Å². The number of benzene rings is 2. The normalized spacial score (nSPS) is 21.7. The van der Waals surface area contributed by atoms with Crippen LogP contribution in [0.2, 0.25) is 6.55 Å². The molecule has 1 heterocycles. The Morgan fingerprint density at radius 3 is 2.58 bits per heavy atom. The molecule has 0 saturated carbocycles. The smallest absolute Gasteiger partial charge is 0.178 e. The molecule has 0 spiro atoms. The van der Waals surface area contributed by atoms with Gasteiger partial charge in [-0.3, -0.25) is 4.79 Å². The maximum atomic E-state index is 12.0. The van der Waals surface area contributed by atoms with Crippen LogP contribution >= 0.6 is 15.9 Å². The summed E-state index contributed by atoms with van der Waals surface area (Å²) in [7, 11) is -2.46. The highest BCUT2D eigenvalue weighted by molar-refractivity contribution is 9.10. The molecule has 0 aromatic heterocycles. The molecule has 2 aliphatic rings. The predicted octanol–water partition coefficient (Wildman–Crippen LogP) is 3.04. The molecule has 0 radical (unpaired) electrons. The minimum Gasteiger partial charge on any atom is -0.507 e. The molecular weight excluding hydrogens is 382 g/mol. The Labute approximate surface area is 149 Å². The van der Waals surface area contributed by atoms with Gasteiger partial charge < -0.3 is 5.11 Å². The number of halogens is 1. The Kier molecular flexibility index (Phi) is 3.44. The zero-order valence-corrected chi connectivity index (χ0v) is 15.5. The maximum Gasteiger partial charge on any atom is 0.178 e. The largest absolute Gasteiger partial charge is 0.507 e. The van der Waals surface area contributed by atoms with Gasteiger partial charge in [0.05, 0.1) is 15.9 Å². The molecule has 24 heavy (non-hydrogen) atoms. The number of aromatic hydroxyl groups is 1. The van der Waals surface area contributed by atoms with Crippen molar-refractivity contribution < 1.29 is 9.90 Å². The first-order valence-electron chi connectivity index (χ1n) is 7.62. The van der Waals surface area contributed by atoms with Crippen molar-refractivity contribution in [3.8, 4) is 5.75 Å². The summed E-state index contributed by atoms with van der Waals surface area (Å²) in [6, 6.07) is 13.7. The van der Waals surface area contributed by atoms with Crippen LogP contribution < -0.4 is 10.4 Å². The van der Waals surface area contributed by atoms with Crippen molar-refractivity contribution in [1.29, 1.82) is 0 Å². The zero-order valence-electron chi connectivity index (χ0n) is 13.0. The van der Waals surface area contributed by atoms with E-state index in [1.165, 1.54) is 5.19 Å². The molecule has 1 aliphatic carbocycles. The molecule has 0 bridgehead atoms. The summed E-state index contributed by atoms with van der Waals surface area (Å²) < 4.78 is 0.670. The minimum absolute atomic E-state index is 0.0154. The van der Waals surface area contributed by atoms with Gasteiger partial charge in [0.2, 0.25) is 0 Å². The van der Waals surface area contributed by atoms with Gasteiger partial charge in [0, 0.05) is 0 Å². The fourth-order valence-corrected chi connectivity index (χ4v) is 9.03. The zero-order chi connectivity index (χ0) is 16.9. The predicted molar refractivity (Wildman–Crippen MR) is 102 cm³/mol. The van der Waals surface area contributed by atoms with Crippen LogP contribution in [0.25, 0.3) is 0 Å². The Hall–Kier alpha value is -2.24. The first-order chi connectivity index (χ1) is 11.5. The van der Waals surface area contributed by atoms with E-state index >= 15 is 0 Å². The van der Waals surface area contributed by atoms with Gasteiger partial charge in [-0.25, -0.2) is 4.99 Å². The number of carbonyl (C=O) groups is 1. The second kappa shape index (κ2) is 5.39. The lowest BCUT2D eigenvalue weighted by Crippen LogP contribution is -2.61. The number of nitrogens with zero attached hydrogens (tertiary/aromatic N) is 1. The number of phenols is 1. The van der Waals surface area contributed by atoms with E-state index in [1.807, 2.05) is 24.3 Å². The first-order valence-corrected chi connectivity index (χ1v) is 10.9. The Morgan fingerprint density at radius 2 is 1.83 bits per heavy atom. The number of rotatable bonds is 1. The average Bonchev–Trinajstić information content (AvgIpc) is 2.60. The number of allylic oxidation sites excluding steroid dienone is 4. The molecule has 1 atom stereocenters. The van der Waals surface area contributed by atoms with E-state index in [0.29, 0.717) is 4.47 Å². The Balaban J connectivity index is 2.12. The van der Waals surface area contributed by atoms with Crippen LogP contribution in [0.5, 0.6) is 5.75 Å². The van der Waals surface area contributed by atoms with Gasteiger partial charge in [0.25, 0.3) is 0 Å². The fraction of sp³-hybridized carbons (Fsp3) is 0.0526. The van der Waals surface area contributed by atoms with E-state index in [4.69, 9.17) is 4.99 Å². The lowest BCUT2D eigenvalue weighted by Gasteiger charge is -2.37. The number of hydrogen-bond acceptors (Lipinski definition) is 3. The van der Waals surface area contributed by atoms with Crippen molar-refractivity contribution in [1.82, 2.24) is 0 Å². The van der Waals surface area contributed by atoms with Crippen LogP contribution in [0.15, 0.2) is 75.4 Å². The van der Waals surface area contributed by atoms with Crippen LogP contribution in [0.4, 0.5) is 5.69 Å². The third-order valence-corrected chi connectivity index (χ3v) is 10.3. The van der Waals surface area contributed by atoms with Gasteiger partial charge in [-0.1, -0.05) is 36.9 Å². The van der Waals surface area contributed by atoms with Crippen LogP contribution in [-0.2, 0) is 4.79 Å². The molecule has 4 rings (SSSR count). The monoisotopic (exact) mass is 395 g/mol. The molecule has 2 aromatic carbocycles. The SMILES string of the molecule is C[Si]1(c2ccccc2)C2=CC(=O)C=CC2=Nc2ccc(O)c(Br)c21. The number of ketones is 1. The van der Waals surface area contributed by atoms with Gasteiger partial charge in [0.1, 0.15) is 5.75 Å². The van der Waals surface area contributed by atoms with E-state index in [9.17, 15) is 9.90 Å². The molecule has 3 nitrogen and oxygen atoms in total. The molecule has 2 aromatic rings. The number of carbonyl (C=O) groups excluding carboxylic acids is 1. The number of aliphatic imine (C=N–C) groups is 1. The van der Waals surface area contributed by atoms with E-state index in [1.54, 1.807) is 24.3 Å². The Bertz CT molecular complexity index is 963. The van der Waals surface area contributed by atoms with Crippen LogP contribution in [0.1, 0.15) is 0 Å². The van der Waals surface area contributed by atoms with Crippen LogP contribution in [0, 0.1) is 0 Å². The highest BCUT2D eigenvalue weighted by atomic mass is 79.9. The fourth-order valence-electron chi connectivity index (χ4n) is 3.47. The van der Waals surface area contributed by atoms with E-state index in [-0.39, 0.29) is 11.5 Å². The lowest BCUT2D eigenvalue weighted by atomic mass is 10.1. The van der Waals surface area contributed by atoms with Crippen molar-refractivity contribution in [3.05, 3.63) is 70.4 Å². The summed E-state index contributed by atoms with van der Waals surface area (Å²) in [4.78, 5) is 16.8. The third-order valence-electron chi connectivity index (χ3n) is 4.70.